The number of amides is 1. The number of guanidine groups is 1. The molecular weight excluding hydrogens is 380 g/mol. The van der Waals surface area contributed by atoms with Crippen molar-refractivity contribution in [3.05, 3.63) is 48.4 Å². The van der Waals surface area contributed by atoms with Crippen molar-refractivity contribution in [3.63, 3.8) is 0 Å². The second kappa shape index (κ2) is 11.3. The number of rotatable bonds is 9. The highest BCUT2D eigenvalue weighted by atomic mass is 16.5. The Labute approximate surface area is 178 Å². The Kier molecular flexibility index (Phi) is 8.18. The van der Waals surface area contributed by atoms with Gasteiger partial charge in [0.2, 0.25) is 5.91 Å². The van der Waals surface area contributed by atoms with Gasteiger partial charge in [0.25, 0.3) is 0 Å². The first kappa shape index (κ1) is 21.7. The lowest BCUT2D eigenvalue weighted by Gasteiger charge is -2.17. The van der Waals surface area contributed by atoms with E-state index in [2.05, 4.69) is 15.6 Å². The average molecular weight is 413 g/mol. The van der Waals surface area contributed by atoms with E-state index in [0.29, 0.717) is 31.9 Å². The Morgan fingerprint density at radius 1 is 1.20 bits per heavy atom. The number of carbonyl (C=O) groups is 1. The van der Waals surface area contributed by atoms with Gasteiger partial charge in [-0.25, -0.2) is 0 Å². The van der Waals surface area contributed by atoms with E-state index in [9.17, 15) is 4.79 Å². The second-order valence-electron chi connectivity index (χ2n) is 7.64. The van der Waals surface area contributed by atoms with E-state index in [-0.39, 0.29) is 12.0 Å². The molecule has 162 valence electrons. The van der Waals surface area contributed by atoms with Crippen LogP contribution < -0.4 is 15.4 Å². The van der Waals surface area contributed by atoms with Crippen LogP contribution in [0.3, 0.4) is 0 Å². The van der Waals surface area contributed by atoms with Crippen LogP contribution in [0.25, 0.3) is 0 Å². The number of furan rings is 1. The predicted molar refractivity (Wildman–Crippen MR) is 119 cm³/mol. The van der Waals surface area contributed by atoms with Crippen molar-refractivity contribution in [3.8, 4) is 5.75 Å². The molecule has 1 aromatic heterocycles. The third kappa shape index (κ3) is 7.13. The number of aliphatic imine (C=N–C) groups is 1. The van der Waals surface area contributed by atoms with E-state index in [4.69, 9.17) is 9.15 Å². The summed E-state index contributed by atoms with van der Waals surface area (Å²) in [6, 6.07) is 11.6. The van der Waals surface area contributed by atoms with Crippen molar-refractivity contribution in [1.82, 2.24) is 10.2 Å². The third-order valence-corrected chi connectivity index (χ3v) is 4.79. The lowest BCUT2D eigenvalue weighted by Crippen LogP contribution is -2.35. The molecule has 1 saturated heterocycles. The maximum Gasteiger partial charge on any atom is 0.224 e. The van der Waals surface area contributed by atoms with Crippen LogP contribution in [0.15, 0.2) is 52.1 Å². The first-order valence-electron chi connectivity index (χ1n) is 10.7. The van der Waals surface area contributed by atoms with E-state index in [0.717, 1.165) is 43.1 Å². The van der Waals surface area contributed by atoms with Gasteiger partial charge in [0.05, 0.1) is 12.4 Å². The van der Waals surface area contributed by atoms with Crippen LogP contribution in [0.4, 0.5) is 5.69 Å². The molecule has 7 heteroatoms. The largest absolute Gasteiger partial charge is 0.491 e. The van der Waals surface area contributed by atoms with Crippen molar-refractivity contribution in [2.45, 2.75) is 45.6 Å². The number of ether oxygens (including phenoxy) is 1. The van der Waals surface area contributed by atoms with E-state index in [1.165, 1.54) is 0 Å². The normalized spacial score (nSPS) is 14.2. The summed E-state index contributed by atoms with van der Waals surface area (Å²) in [6.07, 6.45) is 5.19. The summed E-state index contributed by atoms with van der Waals surface area (Å²) in [5, 5.41) is 6.59. The minimum atomic E-state index is 0.136. The maximum atomic E-state index is 12.3. The molecule has 30 heavy (non-hydrogen) atoms. The number of hydrogen-bond acceptors (Lipinski definition) is 4. The van der Waals surface area contributed by atoms with Gasteiger partial charge in [-0.15, -0.1) is 0 Å². The van der Waals surface area contributed by atoms with Crippen molar-refractivity contribution < 1.29 is 13.9 Å². The summed E-state index contributed by atoms with van der Waals surface area (Å²) in [4.78, 5) is 18.9. The predicted octanol–water partition coefficient (Wildman–Crippen LogP) is 3.68. The Hall–Kier alpha value is -2.96. The quantitative estimate of drug-likeness (QED) is 0.485. The zero-order valence-corrected chi connectivity index (χ0v) is 17.9. The van der Waals surface area contributed by atoms with Crippen LogP contribution in [0, 0.1) is 0 Å². The highest BCUT2D eigenvalue weighted by molar-refractivity contribution is 5.94. The Bertz CT molecular complexity index is 794. The zero-order valence-electron chi connectivity index (χ0n) is 17.9. The van der Waals surface area contributed by atoms with Crippen LogP contribution in [0.5, 0.6) is 5.75 Å². The van der Waals surface area contributed by atoms with Gasteiger partial charge in [-0.3, -0.25) is 9.79 Å². The van der Waals surface area contributed by atoms with Crippen molar-refractivity contribution in [2.24, 2.45) is 4.99 Å². The Balaban J connectivity index is 1.55. The number of nitrogens with zero attached hydrogens (tertiary/aromatic N) is 2. The third-order valence-electron chi connectivity index (χ3n) is 4.79. The molecular formula is C23H32N4O3. The standard InChI is InChI=1S/C23H32N4O3/c1-18(2)30-21-9-7-19(8-10-21)26-23(24-13-11-20-6-5-17-29-20)25-14-12-22(28)27-15-3-4-16-27/h5-10,17-18H,3-4,11-16H2,1-2H3,(H2,24,25,26). The van der Waals surface area contributed by atoms with Gasteiger partial charge in [0.1, 0.15) is 11.5 Å². The molecule has 1 aliphatic rings. The molecule has 0 saturated carbocycles. The Morgan fingerprint density at radius 3 is 2.63 bits per heavy atom. The van der Waals surface area contributed by atoms with E-state index in [1.807, 2.05) is 55.1 Å². The number of carbonyl (C=O) groups excluding carboxylic acids is 1. The van der Waals surface area contributed by atoms with Gasteiger partial charge >= 0.3 is 0 Å². The van der Waals surface area contributed by atoms with Gasteiger partial charge in [-0.2, -0.15) is 0 Å². The van der Waals surface area contributed by atoms with Crippen LogP contribution in [0.1, 0.15) is 38.9 Å². The van der Waals surface area contributed by atoms with Gasteiger partial charge in [-0.1, -0.05) is 0 Å². The summed E-state index contributed by atoms with van der Waals surface area (Å²) in [5.74, 6) is 2.58. The average Bonchev–Trinajstić information content (AvgIpc) is 3.43. The summed E-state index contributed by atoms with van der Waals surface area (Å²) in [6.45, 7) is 6.89. The zero-order chi connectivity index (χ0) is 21.2. The molecule has 0 bridgehead atoms. The van der Waals surface area contributed by atoms with Crippen molar-refractivity contribution >= 4 is 17.6 Å². The molecule has 7 nitrogen and oxygen atoms in total. The number of hydrogen-bond donors (Lipinski definition) is 2. The Morgan fingerprint density at radius 2 is 1.97 bits per heavy atom. The van der Waals surface area contributed by atoms with Crippen LogP contribution >= 0.6 is 0 Å². The smallest absolute Gasteiger partial charge is 0.224 e. The SMILES string of the molecule is CC(C)Oc1ccc(NC(=NCCc2ccco2)NCCC(=O)N2CCCC2)cc1. The molecule has 0 atom stereocenters. The van der Waals surface area contributed by atoms with E-state index < -0.39 is 0 Å². The molecule has 2 aromatic rings. The summed E-state index contributed by atoms with van der Waals surface area (Å²) in [7, 11) is 0. The first-order valence-corrected chi connectivity index (χ1v) is 10.7. The molecule has 0 unspecified atom stereocenters. The number of anilines is 1. The molecule has 1 amide bonds. The summed E-state index contributed by atoms with van der Waals surface area (Å²) >= 11 is 0. The molecule has 1 aliphatic heterocycles. The summed E-state index contributed by atoms with van der Waals surface area (Å²) in [5.41, 5.74) is 0.904. The fourth-order valence-corrected chi connectivity index (χ4v) is 3.31. The number of nitrogens with one attached hydrogen (secondary N) is 2. The maximum absolute atomic E-state index is 12.3. The highest BCUT2D eigenvalue weighted by Crippen LogP contribution is 2.17. The molecule has 0 radical (unpaired) electrons. The van der Waals surface area contributed by atoms with Crippen LogP contribution in [-0.4, -0.2) is 49.0 Å². The van der Waals surface area contributed by atoms with Crippen molar-refractivity contribution in [2.75, 3.05) is 31.5 Å². The fourth-order valence-electron chi connectivity index (χ4n) is 3.31. The highest BCUT2D eigenvalue weighted by Gasteiger charge is 2.17. The molecule has 3 rings (SSSR count). The van der Waals surface area contributed by atoms with Crippen LogP contribution in [-0.2, 0) is 11.2 Å². The fraction of sp³-hybridized carbons (Fsp3) is 0.478. The molecule has 1 aromatic carbocycles. The number of likely N-dealkylation sites (tertiary alicyclic amines) is 1. The van der Waals surface area contributed by atoms with E-state index >= 15 is 0 Å². The monoisotopic (exact) mass is 412 g/mol. The summed E-state index contributed by atoms with van der Waals surface area (Å²) < 4.78 is 11.1. The second-order valence-corrected chi connectivity index (χ2v) is 7.64. The molecule has 0 aliphatic carbocycles. The minimum Gasteiger partial charge on any atom is -0.491 e. The van der Waals surface area contributed by atoms with Gasteiger partial charge in [-0.05, 0) is 63.1 Å². The molecule has 1 fully saturated rings. The molecule has 0 spiro atoms. The van der Waals surface area contributed by atoms with Gasteiger partial charge in [0.15, 0.2) is 5.96 Å². The number of benzene rings is 1. The molecule has 2 N–H and O–H groups in total. The van der Waals surface area contributed by atoms with Gasteiger partial charge in [0, 0.05) is 44.7 Å². The topological polar surface area (TPSA) is 79.1 Å². The van der Waals surface area contributed by atoms with Crippen LogP contribution in [0.2, 0.25) is 0 Å². The first-order chi connectivity index (χ1) is 14.6. The van der Waals surface area contributed by atoms with Gasteiger partial charge < -0.3 is 24.7 Å². The van der Waals surface area contributed by atoms with Crippen molar-refractivity contribution in [1.29, 1.82) is 0 Å². The van der Waals surface area contributed by atoms with E-state index in [1.54, 1.807) is 6.26 Å². The lowest BCUT2D eigenvalue weighted by molar-refractivity contribution is -0.129. The molecule has 2 heterocycles. The lowest BCUT2D eigenvalue weighted by atomic mass is 10.3. The minimum absolute atomic E-state index is 0.136.